The summed E-state index contributed by atoms with van der Waals surface area (Å²) in [6.45, 7) is 1.42. The summed E-state index contributed by atoms with van der Waals surface area (Å²) in [6.07, 6.45) is -7.92. The van der Waals surface area contributed by atoms with E-state index in [1.165, 1.54) is 12.1 Å². The minimum atomic E-state index is -3.05. The summed E-state index contributed by atoms with van der Waals surface area (Å²) in [5.41, 5.74) is 8.15. The van der Waals surface area contributed by atoms with Crippen LogP contribution in [-0.4, -0.2) is 125 Å². The molecule has 1 unspecified atom stereocenters. The lowest BCUT2D eigenvalue weighted by atomic mass is 9.99. The number of amides is 1. The molecule has 0 aromatic heterocycles. The molecule has 1 aromatic rings. The second-order valence-electron chi connectivity index (χ2n) is 7.81. The predicted molar refractivity (Wildman–Crippen MR) is 129 cm³/mol. The molecule has 1 fully saturated rings. The maximum absolute atomic E-state index is 12.5. The van der Waals surface area contributed by atoms with Gasteiger partial charge >= 0.3 is 0 Å². The molecule has 1 aliphatic heterocycles. The van der Waals surface area contributed by atoms with E-state index in [4.69, 9.17) is 29.2 Å². The van der Waals surface area contributed by atoms with Crippen molar-refractivity contribution in [3.63, 3.8) is 0 Å². The van der Waals surface area contributed by atoms with Gasteiger partial charge in [-0.3, -0.25) is 4.79 Å². The monoisotopic (exact) mass is 579 g/mol. The minimum absolute atomic E-state index is 0.0143. The molecule has 1 aromatic carbocycles. The molecule has 0 aliphatic carbocycles. The molecular weight excluding hydrogens is 548 g/mol. The van der Waals surface area contributed by atoms with E-state index in [-0.39, 0.29) is 37.6 Å². The number of hydrogen-bond donors (Lipinski definition) is 5. The Labute approximate surface area is 225 Å². The molecule has 18 heteroatoms. The number of azide groups is 1. The Morgan fingerprint density at radius 1 is 1.05 bits per heavy atom. The first kappa shape index (κ1) is 32.6. The number of hydrogen-bond acceptors (Lipinski definition) is 14. The van der Waals surface area contributed by atoms with Gasteiger partial charge in [0.1, 0.15) is 35.8 Å². The number of nitrogens with zero attached hydrogens (tertiary/aromatic N) is 3. The normalized spacial score (nSPS) is 23.5. The first-order valence-electron chi connectivity index (χ1n) is 11.7. The number of aliphatic hydroxyl groups excluding tert-OH is 4. The number of rotatable bonds is 18. The zero-order valence-corrected chi connectivity index (χ0v) is 21.5. The maximum Gasteiger partial charge on any atom is 0.251 e. The van der Waals surface area contributed by atoms with Crippen molar-refractivity contribution in [2.75, 3.05) is 59.3 Å². The van der Waals surface area contributed by atoms with Crippen LogP contribution < -0.4 is 14.2 Å². The number of ether oxygens (including phenoxy) is 5. The molecule has 220 valence electrons. The smallest absolute Gasteiger partial charge is 0.251 e. The molecule has 0 saturated carbocycles. The van der Waals surface area contributed by atoms with Gasteiger partial charge in [-0.2, -0.15) is 0 Å². The van der Waals surface area contributed by atoms with Crippen molar-refractivity contribution < 1.29 is 61.8 Å². The molecule has 1 heterocycles. The molecule has 39 heavy (non-hydrogen) atoms. The Morgan fingerprint density at radius 3 is 2.36 bits per heavy atom. The van der Waals surface area contributed by atoms with E-state index in [1.807, 2.05) is 0 Å². The lowest BCUT2D eigenvalue weighted by Gasteiger charge is -2.39. The van der Waals surface area contributed by atoms with Gasteiger partial charge in [-0.1, -0.05) is 5.11 Å². The van der Waals surface area contributed by atoms with Crippen molar-refractivity contribution in [2.24, 2.45) is 5.11 Å². The molecule has 1 amide bonds. The van der Waals surface area contributed by atoms with E-state index in [9.17, 15) is 34.0 Å². The number of carbonyl (C=O) groups is 1. The topological polar surface area (TPSA) is 254 Å². The summed E-state index contributed by atoms with van der Waals surface area (Å²) in [5.74, 6) is -1.25. The summed E-state index contributed by atoms with van der Waals surface area (Å²) >= 11 is -3.05. The Balaban J connectivity index is 1.80. The zero-order chi connectivity index (χ0) is 28.6. The molecule has 2 rings (SSSR count). The highest BCUT2D eigenvalue weighted by molar-refractivity contribution is 7.74. The standard InChI is InChI=1S/C21H32N4O13S/c22-25-24-4-6-34-8-10-35-9-7-33-5-3-23-20(30)13-1-2-14(15(11-13)38-39(31)32)36-21-19(29)18(28)17(27)16(12-26)37-21/h1-2,11,16-19,21,26-29H,3-10,12H2,(H,23,30)(H,31,32)/p-1/t16-,17+,18+,19-,21-/m1/s1. The van der Waals surface area contributed by atoms with Crippen LogP contribution in [0.25, 0.3) is 10.4 Å². The highest BCUT2D eigenvalue weighted by Crippen LogP contribution is 2.32. The highest BCUT2D eigenvalue weighted by Gasteiger charge is 2.45. The van der Waals surface area contributed by atoms with Crippen molar-refractivity contribution in [1.29, 1.82) is 0 Å². The average molecular weight is 580 g/mol. The van der Waals surface area contributed by atoms with E-state index in [0.717, 1.165) is 6.07 Å². The maximum atomic E-state index is 12.5. The average Bonchev–Trinajstić information content (AvgIpc) is 2.91. The molecule has 6 atom stereocenters. The fourth-order valence-corrected chi connectivity index (χ4v) is 3.48. The van der Waals surface area contributed by atoms with Crippen LogP contribution in [0.2, 0.25) is 0 Å². The SMILES string of the molecule is [N-]=[N+]=NCCOCCOCCOCCNC(=O)c1ccc(O[C@@H]2O[C@H](CO)[C@H](O)[C@H](O)[C@H]2O)c(OS(=O)[O-])c1. The van der Waals surface area contributed by atoms with Crippen molar-refractivity contribution in [2.45, 2.75) is 30.7 Å². The summed E-state index contributed by atoms with van der Waals surface area (Å²) in [5, 5.41) is 45.1. The lowest BCUT2D eigenvalue weighted by Crippen LogP contribution is -2.60. The van der Waals surface area contributed by atoms with Gasteiger partial charge in [0.25, 0.3) is 5.91 Å². The molecule has 0 bridgehead atoms. The van der Waals surface area contributed by atoms with E-state index in [2.05, 4.69) is 19.5 Å². The van der Waals surface area contributed by atoms with Gasteiger partial charge in [0, 0.05) is 23.6 Å². The van der Waals surface area contributed by atoms with Gasteiger partial charge < -0.3 is 58.2 Å². The zero-order valence-electron chi connectivity index (χ0n) is 20.7. The van der Waals surface area contributed by atoms with Crippen molar-refractivity contribution in [3.05, 3.63) is 34.2 Å². The van der Waals surface area contributed by atoms with E-state index < -0.39 is 60.3 Å². The summed E-state index contributed by atoms with van der Waals surface area (Å²) in [7, 11) is 0. The van der Waals surface area contributed by atoms with Crippen LogP contribution in [0, 0.1) is 0 Å². The van der Waals surface area contributed by atoms with Crippen molar-refractivity contribution in [3.8, 4) is 11.5 Å². The molecule has 17 nitrogen and oxygen atoms in total. The summed E-state index contributed by atoms with van der Waals surface area (Å²) in [4.78, 5) is 15.1. The van der Waals surface area contributed by atoms with Gasteiger partial charge in [0.2, 0.25) is 6.29 Å². The van der Waals surface area contributed by atoms with E-state index >= 15 is 0 Å². The minimum Gasteiger partial charge on any atom is -0.740 e. The second kappa shape index (κ2) is 17.9. The molecule has 1 aliphatic rings. The van der Waals surface area contributed by atoms with Gasteiger partial charge in [0.05, 0.1) is 46.2 Å². The number of benzene rings is 1. The van der Waals surface area contributed by atoms with Crippen LogP contribution in [0.1, 0.15) is 10.4 Å². The van der Waals surface area contributed by atoms with Crippen LogP contribution in [0.15, 0.2) is 23.3 Å². The van der Waals surface area contributed by atoms with Crippen LogP contribution in [-0.2, 0) is 30.3 Å². The van der Waals surface area contributed by atoms with Gasteiger partial charge in [-0.05, 0) is 23.7 Å². The van der Waals surface area contributed by atoms with Crippen LogP contribution in [0.4, 0.5) is 0 Å². The van der Waals surface area contributed by atoms with E-state index in [1.54, 1.807) is 0 Å². The lowest BCUT2D eigenvalue weighted by molar-refractivity contribution is -0.277. The van der Waals surface area contributed by atoms with Crippen molar-refractivity contribution in [1.82, 2.24) is 5.32 Å². The first-order chi connectivity index (χ1) is 18.8. The first-order valence-corrected chi connectivity index (χ1v) is 12.7. The molecular formula is C21H31N4O13S-. The van der Waals surface area contributed by atoms with Crippen LogP contribution >= 0.6 is 0 Å². The van der Waals surface area contributed by atoms with Crippen molar-refractivity contribution >= 4 is 17.3 Å². The number of nitrogens with one attached hydrogen (secondary N) is 1. The largest absolute Gasteiger partial charge is 0.740 e. The van der Waals surface area contributed by atoms with Gasteiger partial charge in [-0.25, -0.2) is 4.21 Å². The third-order valence-corrected chi connectivity index (χ3v) is 5.45. The Kier molecular flexibility index (Phi) is 14.9. The fourth-order valence-electron chi connectivity index (χ4n) is 3.21. The molecule has 1 saturated heterocycles. The molecule has 0 spiro atoms. The number of aliphatic hydroxyl groups is 4. The fraction of sp³-hybridized carbons (Fsp3) is 0.667. The third-order valence-electron chi connectivity index (χ3n) is 5.13. The second-order valence-corrected chi connectivity index (χ2v) is 8.39. The quantitative estimate of drug-likeness (QED) is 0.0420. The Bertz CT molecular complexity index is 966. The number of carbonyl (C=O) groups excluding carboxylic acids is 1. The Hall–Kier alpha value is -2.61. The highest BCUT2D eigenvalue weighted by atomic mass is 32.2. The third kappa shape index (κ3) is 11.2. The van der Waals surface area contributed by atoms with Crippen LogP contribution in [0.5, 0.6) is 11.5 Å². The Morgan fingerprint density at radius 2 is 1.72 bits per heavy atom. The van der Waals surface area contributed by atoms with Gasteiger partial charge in [0.15, 0.2) is 11.5 Å². The van der Waals surface area contributed by atoms with Crippen LogP contribution in [0.3, 0.4) is 0 Å². The molecule has 0 radical (unpaired) electrons. The van der Waals surface area contributed by atoms with E-state index in [0.29, 0.717) is 26.4 Å². The summed E-state index contributed by atoms with van der Waals surface area (Å²) < 4.78 is 53.5. The predicted octanol–water partition coefficient (Wildman–Crippen LogP) is -1.87. The summed E-state index contributed by atoms with van der Waals surface area (Å²) in [6, 6.07) is 3.56. The van der Waals surface area contributed by atoms with Gasteiger partial charge in [-0.15, -0.1) is 0 Å². The molecule has 5 N–H and O–H groups in total.